The van der Waals surface area contributed by atoms with Crippen LogP contribution in [0.4, 0.5) is 42.8 Å². The minimum Gasteiger partial charge on any atom is -0.297 e. The molecule has 3 aromatic rings. The van der Waals surface area contributed by atoms with Crippen molar-refractivity contribution in [2.45, 2.75) is 12.4 Å². The van der Waals surface area contributed by atoms with Gasteiger partial charge >= 0.3 is 18.4 Å². The predicted molar refractivity (Wildman–Crippen MR) is 104 cm³/mol. The van der Waals surface area contributed by atoms with E-state index in [4.69, 9.17) is 0 Å². The second kappa shape index (κ2) is 8.44. The molecule has 0 bridgehead atoms. The van der Waals surface area contributed by atoms with Crippen LogP contribution in [0.3, 0.4) is 0 Å². The normalized spacial score (nSPS) is 11.9. The number of amides is 2. The molecule has 12 heteroatoms. The predicted octanol–water partition coefficient (Wildman–Crippen LogP) is 5.27. The van der Waals surface area contributed by atoms with Crippen molar-refractivity contribution in [2.75, 3.05) is 23.9 Å². The van der Waals surface area contributed by atoms with Gasteiger partial charge in [-0.2, -0.15) is 26.3 Å². The maximum absolute atomic E-state index is 13.1. The number of carbonyl (C=O) groups is 1. The molecule has 2 amide bonds. The Morgan fingerprint density at radius 3 is 2.03 bits per heavy atom. The van der Waals surface area contributed by atoms with Gasteiger partial charge in [-0.1, -0.05) is 0 Å². The summed E-state index contributed by atoms with van der Waals surface area (Å²) in [7, 11) is 2.30. The summed E-state index contributed by atoms with van der Waals surface area (Å²) in [5, 5.41) is 0. The summed E-state index contributed by atoms with van der Waals surface area (Å²) in [5.41, 5.74) is -2.60. The minimum absolute atomic E-state index is 0.00793. The molecule has 0 aliphatic heterocycles. The van der Waals surface area contributed by atoms with E-state index in [-0.39, 0.29) is 12.0 Å². The van der Waals surface area contributed by atoms with Crippen LogP contribution in [-0.4, -0.2) is 35.1 Å². The molecular formula is C20H15F6N5O. The van der Waals surface area contributed by atoms with Crippen molar-refractivity contribution in [1.29, 1.82) is 0 Å². The van der Waals surface area contributed by atoms with Crippen molar-refractivity contribution >= 4 is 17.7 Å². The van der Waals surface area contributed by atoms with Gasteiger partial charge in [0.05, 0.1) is 16.8 Å². The first-order valence-electron chi connectivity index (χ1n) is 8.92. The molecule has 0 unspecified atom stereocenters. The van der Waals surface area contributed by atoms with E-state index in [9.17, 15) is 31.1 Å². The number of anilines is 2. The Kier molecular flexibility index (Phi) is 6.06. The first-order valence-corrected chi connectivity index (χ1v) is 8.92. The third kappa shape index (κ3) is 4.95. The smallest absolute Gasteiger partial charge is 0.297 e. The number of hydrogen-bond donors (Lipinski definition) is 0. The van der Waals surface area contributed by atoms with E-state index in [1.807, 2.05) is 0 Å². The number of benzene rings is 1. The van der Waals surface area contributed by atoms with Gasteiger partial charge in [0.25, 0.3) is 0 Å². The molecule has 0 saturated heterocycles. The Morgan fingerprint density at radius 2 is 1.50 bits per heavy atom. The first-order chi connectivity index (χ1) is 14.9. The number of pyridine rings is 1. The Balaban J connectivity index is 1.95. The number of rotatable bonds is 3. The van der Waals surface area contributed by atoms with E-state index >= 15 is 0 Å². The van der Waals surface area contributed by atoms with Gasteiger partial charge in [-0.3, -0.25) is 14.8 Å². The third-order valence-corrected chi connectivity index (χ3v) is 4.43. The van der Waals surface area contributed by atoms with Crippen LogP contribution in [0.5, 0.6) is 0 Å². The fraction of sp³-hybridized carbons (Fsp3) is 0.200. The topological polar surface area (TPSA) is 62.2 Å². The quantitative estimate of drug-likeness (QED) is 0.505. The highest BCUT2D eigenvalue weighted by Gasteiger charge is 2.37. The highest BCUT2D eigenvalue weighted by molar-refractivity contribution is 6.02. The van der Waals surface area contributed by atoms with Crippen molar-refractivity contribution in [3.63, 3.8) is 0 Å². The summed E-state index contributed by atoms with van der Waals surface area (Å²) in [5.74, 6) is -0.105. The van der Waals surface area contributed by atoms with Crippen LogP contribution in [0, 0.1) is 0 Å². The lowest BCUT2D eigenvalue weighted by molar-refractivity contribution is -0.143. The van der Waals surface area contributed by atoms with Crippen molar-refractivity contribution in [2.24, 2.45) is 0 Å². The maximum Gasteiger partial charge on any atom is 0.416 e. The Labute approximate surface area is 178 Å². The van der Waals surface area contributed by atoms with Crippen LogP contribution in [-0.2, 0) is 12.4 Å². The molecule has 1 aromatic carbocycles. The first kappa shape index (κ1) is 23.0. The fourth-order valence-corrected chi connectivity index (χ4v) is 2.74. The zero-order valence-corrected chi connectivity index (χ0v) is 16.6. The monoisotopic (exact) mass is 455 g/mol. The van der Waals surface area contributed by atoms with Gasteiger partial charge in [0.15, 0.2) is 0 Å². The van der Waals surface area contributed by atoms with Crippen molar-refractivity contribution in [1.82, 2.24) is 15.0 Å². The van der Waals surface area contributed by atoms with Crippen molar-refractivity contribution < 1.29 is 31.1 Å². The van der Waals surface area contributed by atoms with Gasteiger partial charge in [0, 0.05) is 43.9 Å². The number of halogens is 6. The molecule has 6 nitrogen and oxygen atoms in total. The summed E-state index contributed by atoms with van der Waals surface area (Å²) in [6.45, 7) is 0. The molecule has 0 spiro atoms. The number of aromatic nitrogens is 3. The standard InChI is InChI=1S/C20H15F6N5O/c1-30(15-9-13(19(21,22)23)8-14(10-15)20(24,25)26)18(32)31(2)17-28-7-5-16(29-17)12-4-3-6-27-11-12/h3-11H,1-2H3. The molecule has 0 radical (unpaired) electrons. The summed E-state index contributed by atoms with van der Waals surface area (Å²) in [4.78, 5) is 26.5. The van der Waals surface area contributed by atoms with Crippen molar-refractivity contribution in [3.05, 3.63) is 66.1 Å². The number of alkyl halides is 6. The average Bonchev–Trinajstić information content (AvgIpc) is 2.76. The summed E-state index contributed by atoms with van der Waals surface area (Å²) in [6, 6.07) is 4.93. The van der Waals surface area contributed by atoms with E-state index in [0.29, 0.717) is 28.3 Å². The number of hydrogen-bond acceptors (Lipinski definition) is 4. The molecule has 0 N–H and O–H groups in total. The Bertz CT molecular complexity index is 1090. The Hall–Kier alpha value is -3.70. The van der Waals surface area contributed by atoms with Crippen molar-refractivity contribution in [3.8, 4) is 11.3 Å². The van der Waals surface area contributed by atoms with Gasteiger partial charge in [0.1, 0.15) is 0 Å². The van der Waals surface area contributed by atoms with Gasteiger partial charge in [-0.25, -0.2) is 14.8 Å². The second-order valence-corrected chi connectivity index (χ2v) is 6.65. The van der Waals surface area contributed by atoms with Crippen LogP contribution in [0.15, 0.2) is 55.0 Å². The van der Waals surface area contributed by atoms with E-state index in [0.717, 1.165) is 11.9 Å². The fourth-order valence-electron chi connectivity index (χ4n) is 2.74. The van der Waals surface area contributed by atoms with E-state index in [1.165, 1.54) is 19.4 Å². The number of carbonyl (C=O) groups excluding carboxylic acids is 1. The molecule has 0 aliphatic carbocycles. The number of urea groups is 1. The summed E-state index contributed by atoms with van der Waals surface area (Å²) in [6.07, 6.45) is -5.62. The van der Waals surface area contributed by atoms with E-state index in [2.05, 4.69) is 15.0 Å². The molecule has 0 aliphatic rings. The third-order valence-electron chi connectivity index (χ3n) is 4.43. The zero-order valence-electron chi connectivity index (χ0n) is 16.6. The zero-order chi connectivity index (χ0) is 23.7. The molecule has 0 fully saturated rings. The lowest BCUT2D eigenvalue weighted by Crippen LogP contribution is -2.40. The molecule has 0 atom stereocenters. The second-order valence-electron chi connectivity index (χ2n) is 6.65. The molecule has 168 valence electrons. The van der Waals surface area contributed by atoms with E-state index < -0.39 is 35.2 Å². The average molecular weight is 455 g/mol. The van der Waals surface area contributed by atoms with Crippen LogP contribution in [0.1, 0.15) is 11.1 Å². The minimum atomic E-state index is -5.03. The van der Waals surface area contributed by atoms with Gasteiger partial charge in [-0.05, 0) is 36.4 Å². The van der Waals surface area contributed by atoms with Crippen LogP contribution >= 0.6 is 0 Å². The van der Waals surface area contributed by atoms with Crippen LogP contribution < -0.4 is 9.80 Å². The largest absolute Gasteiger partial charge is 0.416 e. The lowest BCUT2D eigenvalue weighted by atomic mass is 10.1. The van der Waals surface area contributed by atoms with Crippen LogP contribution in [0.2, 0.25) is 0 Å². The Morgan fingerprint density at radius 1 is 0.875 bits per heavy atom. The van der Waals surface area contributed by atoms with Gasteiger partial charge < -0.3 is 0 Å². The summed E-state index contributed by atoms with van der Waals surface area (Å²) >= 11 is 0. The molecule has 3 rings (SSSR count). The van der Waals surface area contributed by atoms with E-state index in [1.54, 1.807) is 24.4 Å². The maximum atomic E-state index is 13.1. The van der Waals surface area contributed by atoms with Gasteiger partial charge in [0.2, 0.25) is 5.95 Å². The molecule has 0 saturated carbocycles. The molecule has 2 aromatic heterocycles. The van der Waals surface area contributed by atoms with Crippen LogP contribution in [0.25, 0.3) is 11.3 Å². The highest BCUT2D eigenvalue weighted by Crippen LogP contribution is 2.38. The number of nitrogens with zero attached hydrogens (tertiary/aromatic N) is 5. The van der Waals surface area contributed by atoms with Gasteiger partial charge in [-0.15, -0.1) is 0 Å². The highest BCUT2D eigenvalue weighted by atomic mass is 19.4. The molecule has 2 heterocycles. The summed E-state index contributed by atoms with van der Waals surface area (Å²) < 4.78 is 78.7. The lowest BCUT2D eigenvalue weighted by Gasteiger charge is -2.25. The molecular weight excluding hydrogens is 440 g/mol. The molecule has 32 heavy (non-hydrogen) atoms. The SMILES string of the molecule is CN(C(=O)N(C)c1nccc(-c2cccnc2)n1)c1cc(C(F)(F)F)cc(C(F)(F)F)c1.